The molecule has 6 nitrogen and oxygen atoms in total. The number of nitrogens with zero attached hydrogens (tertiary/aromatic N) is 1. The third-order valence-electron chi connectivity index (χ3n) is 2.82. The first-order valence-electron chi connectivity index (χ1n) is 5.84. The standard InChI is InChI=1S/C13H13ClN2O4S/c1-19-8-4-3-6(9(14)11(8)20-2)12-16-7(5-21-12)10(15)13(17)18/h3-5,10H,15H2,1-2H3,(H,17,18). The Morgan fingerprint density at radius 1 is 1.43 bits per heavy atom. The molecule has 3 N–H and O–H groups in total. The summed E-state index contributed by atoms with van der Waals surface area (Å²) in [5, 5.41) is 11.4. The molecular formula is C13H13ClN2O4S. The minimum absolute atomic E-state index is 0.286. The lowest BCUT2D eigenvalue weighted by molar-refractivity contribution is -0.138. The minimum atomic E-state index is -1.16. The van der Waals surface area contributed by atoms with Crippen molar-refractivity contribution < 1.29 is 19.4 Å². The molecule has 2 aromatic rings. The largest absolute Gasteiger partial charge is 0.493 e. The number of methoxy groups -OCH3 is 2. The van der Waals surface area contributed by atoms with E-state index < -0.39 is 12.0 Å². The maximum atomic E-state index is 10.9. The van der Waals surface area contributed by atoms with Crippen LogP contribution in [-0.4, -0.2) is 30.3 Å². The second kappa shape index (κ2) is 6.30. The number of carboxylic acid groups (broad SMARTS) is 1. The zero-order valence-corrected chi connectivity index (χ0v) is 12.9. The van der Waals surface area contributed by atoms with Crippen LogP contribution in [0.5, 0.6) is 11.5 Å². The average Bonchev–Trinajstić information content (AvgIpc) is 2.95. The van der Waals surface area contributed by atoms with Crippen molar-refractivity contribution in [3.63, 3.8) is 0 Å². The van der Waals surface area contributed by atoms with Crippen molar-refractivity contribution in [2.24, 2.45) is 5.73 Å². The summed E-state index contributed by atoms with van der Waals surface area (Å²) in [7, 11) is 3.00. The van der Waals surface area contributed by atoms with Gasteiger partial charge in [-0.1, -0.05) is 11.6 Å². The predicted octanol–water partition coefficient (Wildman–Crippen LogP) is 2.57. The van der Waals surface area contributed by atoms with Gasteiger partial charge in [0.05, 0.1) is 24.9 Å². The molecule has 112 valence electrons. The van der Waals surface area contributed by atoms with E-state index in [1.54, 1.807) is 17.5 Å². The van der Waals surface area contributed by atoms with E-state index in [1.165, 1.54) is 25.6 Å². The quantitative estimate of drug-likeness (QED) is 0.876. The van der Waals surface area contributed by atoms with Gasteiger partial charge in [-0.05, 0) is 12.1 Å². The van der Waals surface area contributed by atoms with E-state index in [4.69, 9.17) is 31.9 Å². The van der Waals surface area contributed by atoms with Gasteiger partial charge in [0.2, 0.25) is 0 Å². The van der Waals surface area contributed by atoms with Gasteiger partial charge in [0.1, 0.15) is 11.0 Å². The predicted molar refractivity (Wildman–Crippen MR) is 80.2 cm³/mol. The average molecular weight is 329 g/mol. The summed E-state index contributed by atoms with van der Waals surface area (Å²) < 4.78 is 10.4. The monoisotopic (exact) mass is 328 g/mol. The molecule has 1 unspecified atom stereocenters. The van der Waals surface area contributed by atoms with Crippen molar-refractivity contribution in [3.05, 3.63) is 28.2 Å². The van der Waals surface area contributed by atoms with Crippen LogP contribution in [0.15, 0.2) is 17.5 Å². The Kier molecular flexibility index (Phi) is 4.66. The van der Waals surface area contributed by atoms with Gasteiger partial charge in [-0.25, -0.2) is 4.98 Å². The van der Waals surface area contributed by atoms with Gasteiger partial charge in [-0.3, -0.25) is 4.79 Å². The molecule has 0 aliphatic heterocycles. The van der Waals surface area contributed by atoms with Crippen LogP contribution in [-0.2, 0) is 4.79 Å². The lowest BCUT2D eigenvalue weighted by Gasteiger charge is -2.11. The van der Waals surface area contributed by atoms with E-state index in [9.17, 15) is 4.79 Å². The maximum Gasteiger partial charge on any atom is 0.326 e. The first-order valence-corrected chi connectivity index (χ1v) is 7.10. The van der Waals surface area contributed by atoms with Gasteiger partial charge in [0.25, 0.3) is 0 Å². The van der Waals surface area contributed by atoms with E-state index >= 15 is 0 Å². The molecule has 0 aliphatic carbocycles. The van der Waals surface area contributed by atoms with Gasteiger partial charge >= 0.3 is 5.97 Å². The van der Waals surface area contributed by atoms with Crippen molar-refractivity contribution >= 4 is 28.9 Å². The number of benzene rings is 1. The molecule has 2 rings (SSSR count). The molecule has 0 fully saturated rings. The van der Waals surface area contributed by atoms with Crippen LogP contribution < -0.4 is 15.2 Å². The number of hydrogen-bond donors (Lipinski definition) is 2. The second-order valence-electron chi connectivity index (χ2n) is 4.06. The minimum Gasteiger partial charge on any atom is -0.493 e. The Hall–Kier alpha value is -1.83. The van der Waals surface area contributed by atoms with E-state index in [2.05, 4.69) is 4.98 Å². The van der Waals surface area contributed by atoms with E-state index in [-0.39, 0.29) is 5.69 Å². The Morgan fingerprint density at radius 2 is 2.14 bits per heavy atom. The Balaban J connectivity index is 2.46. The van der Waals surface area contributed by atoms with E-state index in [0.717, 1.165) is 0 Å². The number of carbonyl (C=O) groups is 1. The highest BCUT2D eigenvalue weighted by Crippen LogP contribution is 2.42. The Morgan fingerprint density at radius 3 is 2.71 bits per heavy atom. The van der Waals surface area contributed by atoms with Crippen molar-refractivity contribution in [1.82, 2.24) is 4.98 Å². The smallest absolute Gasteiger partial charge is 0.326 e. The first kappa shape index (κ1) is 15.6. The highest BCUT2D eigenvalue weighted by Gasteiger charge is 2.21. The summed E-state index contributed by atoms with van der Waals surface area (Å²) in [6.45, 7) is 0. The topological polar surface area (TPSA) is 94.7 Å². The highest BCUT2D eigenvalue weighted by atomic mass is 35.5. The van der Waals surface area contributed by atoms with Gasteiger partial charge in [-0.15, -0.1) is 11.3 Å². The van der Waals surface area contributed by atoms with E-state index in [0.29, 0.717) is 27.1 Å². The molecule has 0 spiro atoms. The number of carboxylic acids is 1. The Bertz CT molecular complexity index is 674. The summed E-state index contributed by atoms with van der Waals surface area (Å²) >= 11 is 7.55. The van der Waals surface area contributed by atoms with Crippen molar-refractivity contribution in [2.45, 2.75) is 6.04 Å². The summed E-state index contributed by atoms with van der Waals surface area (Å²) in [4.78, 5) is 15.1. The first-order chi connectivity index (χ1) is 9.99. The van der Waals surface area contributed by atoms with Crippen LogP contribution in [0.3, 0.4) is 0 Å². The van der Waals surface area contributed by atoms with Crippen LogP contribution in [0.1, 0.15) is 11.7 Å². The molecule has 0 aliphatic rings. The Labute approximate surface area is 130 Å². The molecule has 0 saturated carbocycles. The van der Waals surface area contributed by atoms with Crippen molar-refractivity contribution in [2.75, 3.05) is 14.2 Å². The summed E-state index contributed by atoms with van der Waals surface area (Å²) in [5.74, 6) is -0.230. The zero-order valence-electron chi connectivity index (χ0n) is 11.3. The normalized spacial score (nSPS) is 12.0. The molecule has 21 heavy (non-hydrogen) atoms. The molecule has 1 atom stereocenters. The van der Waals surface area contributed by atoms with Gasteiger partial charge in [0, 0.05) is 10.9 Å². The molecule has 0 radical (unpaired) electrons. The van der Waals surface area contributed by atoms with Crippen LogP contribution in [0, 0.1) is 0 Å². The molecule has 1 aromatic carbocycles. The maximum absolute atomic E-state index is 10.9. The third kappa shape index (κ3) is 2.94. The number of thiazole rings is 1. The van der Waals surface area contributed by atoms with Crippen LogP contribution in [0.25, 0.3) is 10.6 Å². The fraction of sp³-hybridized carbons (Fsp3) is 0.231. The summed E-state index contributed by atoms with van der Waals surface area (Å²) in [5.41, 5.74) is 6.45. The van der Waals surface area contributed by atoms with Crippen LogP contribution in [0.2, 0.25) is 5.02 Å². The molecule has 0 saturated heterocycles. The van der Waals surface area contributed by atoms with E-state index in [1.807, 2.05) is 0 Å². The summed E-state index contributed by atoms with van der Waals surface area (Å²) in [6, 6.07) is 2.28. The van der Waals surface area contributed by atoms with Gasteiger partial charge in [-0.2, -0.15) is 0 Å². The summed E-state index contributed by atoms with van der Waals surface area (Å²) in [6.07, 6.45) is 0. The fourth-order valence-corrected chi connectivity index (χ4v) is 3.00. The molecule has 1 heterocycles. The van der Waals surface area contributed by atoms with Crippen molar-refractivity contribution in [1.29, 1.82) is 0 Å². The molecular weight excluding hydrogens is 316 g/mol. The van der Waals surface area contributed by atoms with Gasteiger partial charge < -0.3 is 20.3 Å². The fourth-order valence-electron chi connectivity index (χ4n) is 1.73. The second-order valence-corrected chi connectivity index (χ2v) is 5.29. The van der Waals surface area contributed by atoms with Crippen LogP contribution >= 0.6 is 22.9 Å². The number of aromatic nitrogens is 1. The molecule has 0 amide bonds. The number of hydrogen-bond acceptors (Lipinski definition) is 6. The molecule has 0 bridgehead atoms. The number of aliphatic carboxylic acids is 1. The molecule has 8 heteroatoms. The van der Waals surface area contributed by atoms with Crippen LogP contribution in [0.4, 0.5) is 0 Å². The third-order valence-corrected chi connectivity index (χ3v) is 4.09. The van der Waals surface area contributed by atoms with Gasteiger partial charge in [0.15, 0.2) is 11.5 Å². The number of halogens is 1. The highest BCUT2D eigenvalue weighted by molar-refractivity contribution is 7.13. The zero-order chi connectivity index (χ0) is 15.6. The lowest BCUT2D eigenvalue weighted by Crippen LogP contribution is -2.20. The van der Waals surface area contributed by atoms with Crippen molar-refractivity contribution in [3.8, 4) is 22.1 Å². The lowest BCUT2D eigenvalue weighted by atomic mass is 10.2. The number of rotatable bonds is 5. The SMILES string of the molecule is COc1ccc(-c2nc(C(N)C(=O)O)cs2)c(Cl)c1OC. The number of ether oxygens (including phenoxy) is 2. The number of nitrogens with two attached hydrogens (primary N) is 1. The molecule has 1 aromatic heterocycles.